The van der Waals surface area contributed by atoms with Crippen LogP contribution in [0, 0.1) is 11.2 Å². The Morgan fingerprint density at radius 1 is 1.08 bits per heavy atom. The highest BCUT2D eigenvalue weighted by Gasteiger charge is 2.54. The SMILES string of the molecule is COC(=O)OCOc1c2n(ccc1=O)N([C@@H]1c3ccccc3-c3scc4c3-c3c1ccc(F)c3C(F)(F)C4)[C@@H]1CC3(CCN1C2=O)COC3. The number of benzene rings is 2. The van der Waals surface area contributed by atoms with Crippen molar-refractivity contribution < 1.29 is 41.7 Å². The van der Waals surface area contributed by atoms with Gasteiger partial charge in [0.05, 0.1) is 31.9 Å². The molecule has 2 fully saturated rings. The number of ether oxygens (including phenoxy) is 4. The van der Waals surface area contributed by atoms with Crippen molar-refractivity contribution in [1.82, 2.24) is 9.58 Å². The lowest BCUT2D eigenvalue weighted by atomic mass is 9.74. The highest BCUT2D eigenvalue weighted by molar-refractivity contribution is 7.14. The van der Waals surface area contributed by atoms with Crippen LogP contribution in [0.2, 0.25) is 0 Å². The number of piperidine rings is 1. The van der Waals surface area contributed by atoms with Gasteiger partial charge in [-0.25, -0.2) is 18.0 Å². The zero-order chi connectivity index (χ0) is 33.8. The number of amides is 1. The summed E-state index contributed by atoms with van der Waals surface area (Å²) in [6.45, 7) is 0.646. The van der Waals surface area contributed by atoms with Gasteiger partial charge < -0.3 is 23.8 Å². The summed E-state index contributed by atoms with van der Waals surface area (Å²) in [5, 5.41) is 3.66. The van der Waals surface area contributed by atoms with Gasteiger partial charge in [0.1, 0.15) is 12.0 Å². The number of thiophene rings is 1. The number of rotatable bonds is 4. The summed E-state index contributed by atoms with van der Waals surface area (Å²) in [7, 11) is 1.12. The largest absolute Gasteiger partial charge is 0.510 e. The normalized spacial score (nSPS) is 21.8. The van der Waals surface area contributed by atoms with E-state index >= 15 is 13.2 Å². The monoisotopic (exact) mass is 691 g/mol. The highest BCUT2D eigenvalue weighted by Crippen LogP contribution is 2.58. The molecule has 10 nitrogen and oxygen atoms in total. The van der Waals surface area contributed by atoms with Gasteiger partial charge in [-0.05, 0) is 46.5 Å². The van der Waals surface area contributed by atoms with E-state index in [1.165, 1.54) is 23.6 Å². The van der Waals surface area contributed by atoms with Gasteiger partial charge in [0.15, 0.2) is 5.69 Å². The molecule has 252 valence electrons. The van der Waals surface area contributed by atoms with Crippen molar-refractivity contribution >= 4 is 23.4 Å². The fourth-order valence-corrected chi connectivity index (χ4v) is 9.33. The molecule has 0 radical (unpaired) electrons. The maximum atomic E-state index is 16.0. The van der Waals surface area contributed by atoms with Crippen LogP contribution in [0.5, 0.6) is 5.75 Å². The van der Waals surface area contributed by atoms with E-state index in [0.717, 1.165) is 29.2 Å². The van der Waals surface area contributed by atoms with Crippen molar-refractivity contribution in [3.63, 3.8) is 0 Å². The van der Waals surface area contributed by atoms with Gasteiger partial charge in [0, 0.05) is 46.6 Å². The van der Waals surface area contributed by atoms with Crippen LogP contribution >= 0.6 is 11.3 Å². The third-order valence-electron chi connectivity index (χ3n) is 10.4. The number of alkyl halides is 2. The topological polar surface area (TPSA) is 99.5 Å². The Bertz CT molecular complexity index is 2140. The minimum Gasteiger partial charge on any atom is -0.451 e. The third kappa shape index (κ3) is 4.26. The van der Waals surface area contributed by atoms with E-state index < -0.39 is 60.2 Å². The molecule has 2 atom stereocenters. The molecule has 2 aliphatic carbocycles. The molecule has 1 spiro atoms. The number of nitrogens with zero attached hydrogens (tertiary/aromatic N) is 3. The highest BCUT2D eigenvalue weighted by atomic mass is 32.1. The molecule has 49 heavy (non-hydrogen) atoms. The molecule has 9 rings (SSSR count). The second kappa shape index (κ2) is 10.6. The fraction of sp³-hybridized carbons (Fsp3) is 0.343. The molecule has 0 saturated carbocycles. The second-order valence-corrected chi connectivity index (χ2v) is 14.0. The molecule has 3 aliphatic heterocycles. The van der Waals surface area contributed by atoms with Crippen molar-refractivity contribution in [2.75, 3.05) is 38.7 Å². The number of fused-ring (bicyclic) bond motifs is 4. The summed E-state index contributed by atoms with van der Waals surface area (Å²) in [5.74, 6) is -5.27. The van der Waals surface area contributed by atoms with Gasteiger partial charge in [-0.15, -0.1) is 11.3 Å². The van der Waals surface area contributed by atoms with E-state index in [1.807, 2.05) is 29.3 Å². The van der Waals surface area contributed by atoms with Crippen LogP contribution in [0.25, 0.3) is 21.6 Å². The minimum atomic E-state index is -3.47. The number of pyridine rings is 1. The van der Waals surface area contributed by atoms with Crippen molar-refractivity contribution in [3.8, 4) is 27.3 Å². The maximum Gasteiger partial charge on any atom is 0.510 e. The lowest BCUT2D eigenvalue weighted by molar-refractivity contribution is -0.150. The Morgan fingerprint density at radius 2 is 1.90 bits per heavy atom. The number of aromatic nitrogens is 1. The van der Waals surface area contributed by atoms with E-state index in [-0.39, 0.29) is 22.4 Å². The maximum absolute atomic E-state index is 16.0. The Hall–Kier alpha value is -4.82. The fourth-order valence-electron chi connectivity index (χ4n) is 8.21. The summed E-state index contributed by atoms with van der Waals surface area (Å²) < 4.78 is 69.9. The first-order valence-electron chi connectivity index (χ1n) is 15.8. The number of halogens is 3. The zero-order valence-electron chi connectivity index (χ0n) is 26.0. The minimum absolute atomic E-state index is 0.114. The Balaban J connectivity index is 1.32. The van der Waals surface area contributed by atoms with Crippen molar-refractivity contribution in [3.05, 3.63) is 98.0 Å². The average Bonchev–Trinajstić information content (AvgIpc) is 3.44. The molecule has 1 amide bonds. The van der Waals surface area contributed by atoms with Crippen LogP contribution in [0.4, 0.5) is 18.0 Å². The van der Waals surface area contributed by atoms with Crippen LogP contribution in [-0.4, -0.2) is 61.5 Å². The lowest BCUT2D eigenvalue weighted by Gasteiger charge is -2.57. The van der Waals surface area contributed by atoms with Gasteiger partial charge in [-0.3, -0.25) is 19.3 Å². The van der Waals surface area contributed by atoms with Crippen LogP contribution in [-0.2, 0) is 26.6 Å². The van der Waals surface area contributed by atoms with Crippen molar-refractivity contribution in [2.24, 2.45) is 5.41 Å². The molecule has 5 heterocycles. The van der Waals surface area contributed by atoms with E-state index in [1.54, 1.807) is 21.0 Å². The number of hydrogen-bond acceptors (Lipinski definition) is 9. The lowest BCUT2D eigenvalue weighted by Crippen LogP contribution is -2.68. The average molecular weight is 692 g/mol. The van der Waals surface area contributed by atoms with Crippen LogP contribution in [0.15, 0.2) is 58.8 Å². The summed E-state index contributed by atoms with van der Waals surface area (Å²) in [6.07, 6.45) is 0.353. The van der Waals surface area contributed by atoms with E-state index in [0.29, 0.717) is 49.3 Å². The molecule has 2 aromatic heterocycles. The molecule has 2 aromatic carbocycles. The first kappa shape index (κ1) is 30.3. The van der Waals surface area contributed by atoms with Crippen LogP contribution in [0.3, 0.4) is 0 Å². The number of hydrogen-bond donors (Lipinski definition) is 0. The van der Waals surface area contributed by atoms with Gasteiger partial charge in [-0.1, -0.05) is 30.3 Å². The zero-order valence-corrected chi connectivity index (χ0v) is 26.9. The Labute approximate surface area is 281 Å². The predicted octanol–water partition coefficient (Wildman–Crippen LogP) is 5.78. The Morgan fingerprint density at radius 3 is 2.67 bits per heavy atom. The predicted molar refractivity (Wildman–Crippen MR) is 170 cm³/mol. The van der Waals surface area contributed by atoms with E-state index in [9.17, 15) is 14.4 Å². The molecular weight excluding hydrogens is 663 g/mol. The molecule has 0 unspecified atom stereocenters. The number of carbonyl (C=O) groups is 2. The number of methoxy groups -OCH3 is 1. The van der Waals surface area contributed by atoms with E-state index in [2.05, 4.69) is 4.74 Å². The molecular formula is C35H28F3N3O7S. The molecule has 4 aromatic rings. The van der Waals surface area contributed by atoms with Gasteiger partial charge in [0.25, 0.3) is 11.8 Å². The molecule has 5 aliphatic rings. The van der Waals surface area contributed by atoms with Crippen LogP contribution < -0.4 is 15.2 Å². The summed E-state index contributed by atoms with van der Waals surface area (Å²) in [4.78, 5) is 41.8. The number of carbonyl (C=O) groups excluding carboxylic acids is 2. The molecule has 14 heteroatoms. The van der Waals surface area contributed by atoms with Crippen molar-refractivity contribution in [2.45, 2.75) is 37.4 Å². The quantitative estimate of drug-likeness (QED) is 0.196. The molecule has 2 saturated heterocycles. The van der Waals surface area contributed by atoms with E-state index in [4.69, 9.17) is 14.2 Å². The van der Waals surface area contributed by atoms with Crippen molar-refractivity contribution in [1.29, 1.82) is 0 Å². The van der Waals surface area contributed by atoms with Gasteiger partial charge in [0.2, 0.25) is 18.0 Å². The van der Waals surface area contributed by atoms with Gasteiger partial charge >= 0.3 is 6.16 Å². The second-order valence-electron chi connectivity index (χ2n) is 13.1. The first-order valence-corrected chi connectivity index (χ1v) is 16.7. The molecule has 0 N–H and O–H groups in total. The van der Waals surface area contributed by atoms with Crippen LogP contribution in [0.1, 0.15) is 51.6 Å². The molecule has 0 bridgehead atoms. The first-order chi connectivity index (χ1) is 23.6. The summed E-state index contributed by atoms with van der Waals surface area (Å²) in [6, 6.07) is 10.7. The standard InChI is InChI=1S/C35H28F3N3O7S/c1-45-33(44)48-17-47-30-23(42)8-10-40-29(30)32(43)39-11-9-34(15-46-16-34)13-24(39)41(40)28-19-4-2-3-5-20(19)31-25-18(14-49-31)12-35(37,38)27-22(36)7-6-21(28)26(25)27/h2-8,10,14,24,28H,9,11-13,15-17H2,1H3/t24-,28-/m1/s1. The van der Waals surface area contributed by atoms with Gasteiger partial charge in [-0.2, -0.15) is 0 Å². The summed E-state index contributed by atoms with van der Waals surface area (Å²) >= 11 is 1.35. The summed E-state index contributed by atoms with van der Waals surface area (Å²) in [5.41, 5.74) is 1.61. The third-order valence-corrected chi connectivity index (χ3v) is 11.5. The smallest absolute Gasteiger partial charge is 0.451 e. The Kier molecular flexibility index (Phi) is 6.54.